The van der Waals surface area contributed by atoms with Gasteiger partial charge in [0.1, 0.15) is 0 Å². The van der Waals surface area contributed by atoms with Gasteiger partial charge >= 0.3 is 0 Å². The van der Waals surface area contributed by atoms with E-state index in [9.17, 15) is 9.59 Å². The van der Waals surface area contributed by atoms with E-state index in [-0.39, 0.29) is 17.9 Å². The molecule has 1 aromatic rings. The van der Waals surface area contributed by atoms with Crippen molar-refractivity contribution in [1.29, 1.82) is 0 Å². The van der Waals surface area contributed by atoms with E-state index in [2.05, 4.69) is 0 Å². The Morgan fingerprint density at radius 3 is 2.55 bits per heavy atom. The van der Waals surface area contributed by atoms with Crippen molar-refractivity contribution in [1.82, 2.24) is 9.80 Å². The standard InChI is InChI=1S/C14H18N4O2/c15-10-5-9(6-11(16)7-10)14(20)17-3-4-18-12(8-17)1-2-13(18)19/h5-7,12H,1-4,8,15-16H2. The van der Waals surface area contributed by atoms with E-state index in [4.69, 9.17) is 11.5 Å². The van der Waals surface area contributed by atoms with Gasteiger partial charge in [0.25, 0.3) is 5.91 Å². The highest BCUT2D eigenvalue weighted by Gasteiger charge is 2.37. The normalized spacial score (nSPS) is 22.0. The summed E-state index contributed by atoms with van der Waals surface area (Å²) in [5, 5.41) is 0. The third kappa shape index (κ3) is 2.17. The van der Waals surface area contributed by atoms with E-state index in [0.29, 0.717) is 43.0 Å². The lowest BCUT2D eigenvalue weighted by Crippen LogP contribution is -2.53. The number of nitrogens with two attached hydrogens (primary N) is 2. The number of nitrogens with zero attached hydrogens (tertiary/aromatic N) is 2. The van der Waals surface area contributed by atoms with Gasteiger partial charge in [0.15, 0.2) is 0 Å². The minimum Gasteiger partial charge on any atom is -0.399 e. The molecule has 3 rings (SSSR count). The number of benzene rings is 1. The second-order valence-corrected chi connectivity index (χ2v) is 5.42. The molecule has 2 fully saturated rings. The first-order chi connectivity index (χ1) is 9.54. The van der Waals surface area contributed by atoms with E-state index in [1.54, 1.807) is 23.1 Å². The molecule has 0 aliphatic carbocycles. The van der Waals surface area contributed by atoms with Gasteiger partial charge in [0, 0.05) is 49.0 Å². The molecular formula is C14H18N4O2. The molecule has 6 heteroatoms. The van der Waals surface area contributed by atoms with Crippen LogP contribution < -0.4 is 11.5 Å². The van der Waals surface area contributed by atoms with Gasteiger partial charge in [0.05, 0.1) is 0 Å². The zero-order valence-corrected chi connectivity index (χ0v) is 11.2. The Morgan fingerprint density at radius 2 is 1.85 bits per heavy atom. The lowest BCUT2D eigenvalue weighted by Gasteiger charge is -2.37. The van der Waals surface area contributed by atoms with Gasteiger partial charge in [-0.1, -0.05) is 0 Å². The SMILES string of the molecule is Nc1cc(N)cc(C(=O)N2CCN3C(=O)CCC3C2)c1. The van der Waals surface area contributed by atoms with Crippen LogP contribution in [0.5, 0.6) is 0 Å². The molecule has 2 aliphatic heterocycles. The van der Waals surface area contributed by atoms with E-state index < -0.39 is 0 Å². The summed E-state index contributed by atoms with van der Waals surface area (Å²) >= 11 is 0. The maximum atomic E-state index is 12.5. The Kier molecular flexibility index (Phi) is 3.00. The van der Waals surface area contributed by atoms with Crippen molar-refractivity contribution in [3.63, 3.8) is 0 Å². The molecule has 106 valence electrons. The summed E-state index contributed by atoms with van der Waals surface area (Å²) < 4.78 is 0. The Hall–Kier alpha value is -2.24. The van der Waals surface area contributed by atoms with Crippen LogP contribution in [-0.4, -0.2) is 47.3 Å². The number of carbonyl (C=O) groups excluding carboxylic acids is 2. The molecule has 4 N–H and O–H groups in total. The summed E-state index contributed by atoms with van der Waals surface area (Å²) in [5.74, 6) is 0.137. The Bertz CT molecular complexity index is 552. The van der Waals surface area contributed by atoms with Gasteiger partial charge in [-0.3, -0.25) is 9.59 Å². The van der Waals surface area contributed by atoms with E-state index in [0.717, 1.165) is 6.42 Å². The molecule has 2 saturated heterocycles. The number of rotatable bonds is 1. The smallest absolute Gasteiger partial charge is 0.254 e. The minimum absolute atomic E-state index is 0.0667. The highest BCUT2D eigenvalue weighted by Crippen LogP contribution is 2.24. The van der Waals surface area contributed by atoms with Crippen molar-refractivity contribution in [3.05, 3.63) is 23.8 Å². The quantitative estimate of drug-likeness (QED) is 0.720. The summed E-state index contributed by atoms with van der Waals surface area (Å²) in [7, 11) is 0. The van der Waals surface area contributed by atoms with E-state index in [1.807, 2.05) is 4.90 Å². The first-order valence-corrected chi connectivity index (χ1v) is 6.79. The minimum atomic E-state index is -0.0667. The summed E-state index contributed by atoms with van der Waals surface area (Å²) in [5.41, 5.74) is 12.9. The fourth-order valence-electron chi connectivity index (χ4n) is 3.03. The monoisotopic (exact) mass is 274 g/mol. The van der Waals surface area contributed by atoms with Crippen LogP contribution in [0.25, 0.3) is 0 Å². The zero-order chi connectivity index (χ0) is 14.3. The molecule has 0 saturated carbocycles. The third-order valence-corrected chi connectivity index (χ3v) is 4.01. The summed E-state index contributed by atoms with van der Waals surface area (Å²) in [6.07, 6.45) is 1.43. The fraction of sp³-hybridized carbons (Fsp3) is 0.429. The Balaban J connectivity index is 1.76. The number of amides is 2. The Morgan fingerprint density at radius 1 is 1.15 bits per heavy atom. The van der Waals surface area contributed by atoms with Crippen LogP contribution in [0.2, 0.25) is 0 Å². The van der Waals surface area contributed by atoms with Gasteiger partial charge in [-0.05, 0) is 24.6 Å². The van der Waals surface area contributed by atoms with Crippen molar-refractivity contribution >= 4 is 23.2 Å². The zero-order valence-electron chi connectivity index (χ0n) is 11.2. The average molecular weight is 274 g/mol. The van der Waals surface area contributed by atoms with Crippen LogP contribution >= 0.6 is 0 Å². The van der Waals surface area contributed by atoms with Crippen LogP contribution in [0.4, 0.5) is 11.4 Å². The van der Waals surface area contributed by atoms with Crippen LogP contribution in [0.3, 0.4) is 0 Å². The van der Waals surface area contributed by atoms with Gasteiger partial charge in [-0.25, -0.2) is 0 Å². The van der Waals surface area contributed by atoms with Crippen molar-refractivity contribution in [2.24, 2.45) is 0 Å². The fourth-order valence-corrected chi connectivity index (χ4v) is 3.03. The maximum Gasteiger partial charge on any atom is 0.254 e. The first-order valence-electron chi connectivity index (χ1n) is 6.79. The van der Waals surface area contributed by atoms with Gasteiger partial charge in [-0.15, -0.1) is 0 Å². The number of nitrogen functional groups attached to an aromatic ring is 2. The van der Waals surface area contributed by atoms with Crippen LogP contribution in [-0.2, 0) is 4.79 Å². The third-order valence-electron chi connectivity index (χ3n) is 4.01. The number of hydrogen-bond donors (Lipinski definition) is 2. The van der Waals surface area contributed by atoms with Crippen molar-refractivity contribution < 1.29 is 9.59 Å². The highest BCUT2D eigenvalue weighted by atomic mass is 16.2. The summed E-state index contributed by atoms with van der Waals surface area (Å²) in [6, 6.07) is 5.08. The largest absolute Gasteiger partial charge is 0.399 e. The molecule has 1 aromatic carbocycles. The lowest BCUT2D eigenvalue weighted by atomic mass is 10.1. The van der Waals surface area contributed by atoms with E-state index >= 15 is 0 Å². The number of fused-ring (bicyclic) bond motifs is 1. The topological polar surface area (TPSA) is 92.7 Å². The second kappa shape index (κ2) is 4.70. The molecule has 2 amide bonds. The molecular weight excluding hydrogens is 256 g/mol. The second-order valence-electron chi connectivity index (χ2n) is 5.42. The van der Waals surface area contributed by atoms with Crippen molar-refractivity contribution in [3.8, 4) is 0 Å². The first kappa shape index (κ1) is 12.8. The van der Waals surface area contributed by atoms with Crippen molar-refractivity contribution in [2.45, 2.75) is 18.9 Å². The molecule has 1 unspecified atom stereocenters. The maximum absolute atomic E-state index is 12.5. The van der Waals surface area contributed by atoms with Gasteiger partial charge in [0.2, 0.25) is 5.91 Å². The Labute approximate surface area is 117 Å². The molecule has 0 bridgehead atoms. The molecule has 1 atom stereocenters. The number of anilines is 2. The molecule has 6 nitrogen and oxygen atoms in total. The van der Waals surface area contributed by atoms with Gasteiger partial charge < -0.3 is 21.3 Å². The number of hydrogen-bond acceptors (Lipinski definition) is 4. The predicted molar refractivity (Wildman–Crippen MR) is 75.9 cm³/mol. The molecule has 0 radical (unpaired) electrons. The molecule has 0 aromatic heterocycles. The molecule has 20 heavy (non-hydrogen) atoms. The van der Waals surface area contributed by atoms with Crippen LogP contribution in [0.15, 0.2) is 18.2 Å². The summed E-state index contributed by atoms with van der Waals surface area (Å²) in [6.45, 7) is 1.78. The number of carbonyl (C=O) groups is 2. The molecule has 0 spiro atoms. The lowest BCUT2D eigenvalue weighted by molar-refractivity contribution is -0.130. The van der Waals surface area contributed by atoms with Crippen LogP contribution in [0.1, 0.15) is 23.2 Å². The van der Waals surface area contributed by atoms with Crippen molar-refractivity contribution in [2.75, 3.05) is 31.1 Å². The van der Waals surface area contributed by atoms with E-state index in [1.165, 1.54) is 0 Å². The average Bonchev–Trinajstić information content (AvgIpc) is 2.78. The van der Waals surface area contributed by atoms with Gasteiger partial charge in [-0.2, -0.15) is 0 Å². The van der Waals surface area contributed by atoms with Crippen LogP contribution in [0, 0.1) is 0 Å². The summed E-state index contributed by atoms with van der Waals surface area (Å²) in [4.78, 5) is 27.8. The number of piperazine rings is 1. The molecule has 2 aliphatic rings. The predicted octanol–water partition coefficient (Wildman–Crippen LogP) is 0.298. The highest BCUT2D eigenvalue weighted by molar-refractivity contribution is 5.96. The molecule has 2 heterocycles.